The predicted molar refractivity (Wildman–Crippen MR) is 89.2 cm³/mol. The fourth-order valence-electron chi connectivity index (χ4n) is 3.22. The van der Waals surface area contributed by atoms with Crippen LogP contribution >= 0.6 is 0 Å². The van der Waals surface area contributed by atoms with Crippen molar-refractivity contribution in [1.29, 1.82) is 0 Å². The molecule has 24 heavy (non-hydrogen) atoms. The van der Waals surface area contributed by atoms with E-state index in [9.17, 15) is 9.59 Å². The van der Waals surface area contributed by atoms with Gasteiger partial charge >= 0.3 is 0 Å². The number of likely N-dealkylation sites (tertiary alicyclic amines) is 1. The summed E-state index contributed by atoms with van der Waals surface area (Å²) in [5, 5.41) is 4.51. The molecule has 0 aliphatic carbocycles. The largest absolute Gasteiger partial charge is 0.491 e. The molecule has 0 saturated carbocycles. The van der Waals surface area contributed by atoms with Crippen LogP contribution in [0.25, 0.3) is 0 Å². The van der Waals surface area contributed by atoms with Crippen molar-refractivity contribution in [3.05, 3.63) is 46.1 Å². The minimum atomic E-state index is -0.289. The molecule has 0 bridgehead atoms. The summed E-state index contributed by atoms with van der Waals surface area (Å²) in [4.78, 5) is 26.5. The van der Waals surface area contributed by atoms with Crippen LogP contribution in [0.15, 0.2) is 29.2 Å². The maximum atomic E-state index is 12.5. The van der Waals surface area contributed by atoms with Crippen LogP contribution in [-0.2, 0) is 11.3 Å². The van der Waals surface area contributed by atoms with Crippen molar-refractivity contribution in [3.8, 4) is 5.75 Å². The van der Waals surface area contributed by atoms with Gasteiger partial charge in [0.15, 0.2) is 5.75 Å². The highest BCUT2D eigenvalue weighted by molar-refractivity contribution is 5.76. The van der Waals surface area contributed by atoms with E-state index in [0.717, 1.165) is 17.8 Å². The molecule has 1 aliphatic rings. The smallest absolute Gasteiger partial charge is 0.293 e. The van der Waals surface area contributed by atoms with Crippen molar-refractivity contribution in [2.24, 2.45) is 0 Å². The number of carbonyl (C=O) groups is 1. The molecular formula is C17H22N4O3. The van der Waals surface area contributed by atoms with Crippen molar-refractivity contribution >= 4 is 5.91 Å². The van der Waals surface area contributed by atoms with Crippen molar-refractivity contribution in [2.75, 3.05) is 20.2 Å². The van der Waals surface area contributed by atoms with Gasteiger partial charge in [-0.2, -0.15) is 5.10 Å². The average molecular weight is 330 g/mol. The number of amides is 1. The van der Waals surface area contributed by atoms with Gasteiger partial charge in [-0.3, -0.25) is 14.3 Å². The van der Waals surface area contributed by atoms with E-state index in [-0.39, 0.29) is 29.8 Å². The molecule has 1 aliphatic heterocycles. The molecule has 1 atom stereocenters. The lowest BCUT2D eigenvalue weighted by molar-refractivity contribution is -0.130. The first-order valence-corrected chi connectivity index (χ1v) is 8.03. The lowest BCUT2D eigenvalue weighted by atomic mass is 10.2. The summed E-state index contributed by atoms with van der Waals surface area (Å²) in [6.45, 7) is 5.33. The Morgan fingerprint density at radius 3 is 2.88 bits per heavy atom. The number of hydrogen-bond acceptors (Lipinski definition) is 4. The topological polar surface area (TPSA) is 69.4 Å². The molecule has 128 valence electrons. The number of aryl methyl sites for hydroxylation is 2. The highest BCUT2D eigenvalue weighted by atomic mass is 16.5. The van der Waals surface area contributed by atoms with Crippen molar-refractivity contribution in [2.45, 2.75) is 32.9 Å². The molecule has 1 saturated heterocycles. The lowest BCUT2D eigenvalue weighted by Gasteiger charge is -2.18. The summed E-state index contributed by atoms with van der Waals surface area (Å²) in [6.07, 6.45) is 2.48. The van der Waals surface area contributed by atoms with Crippen LogP contribution < -0.4 is 10.3 Å². The normalized spacial score (nSPS) is 17.3. The standard InChI is InChI=1S/C17H22N4O3/c1-12-9-13(2)21(18-12)14-6-8-19(10-14)16(22)11-20-7-4-5-15(24-3)17(20)23/h4-5,7,9,14H,6,8,10-11H2,1-3H3/t14-/m0/s1. The minimum Gasteiger partial charge on any atom is -0.491 e. The van der Waals surface area contributed by atoms with Gasteiger partial charge < -0.3 is 14.2 Å². The molecule has 1 amide bonds. The third kappa shape index (κ3) is 3.06. The summed E-state index contributed by atoms with van der Waals surface area (Å²) in [7, 11) is 1.45. The van der Waals surface area contributed by atoms with Gasteiger partial charge in [0.2, 0.25) is 5.91 Å². The Morgan fingerprint density at radius 1 is 1.42 bits per heavy atom. The Balaban J connectivity index is 1.69. The molecule has 0 N–H and O–H groups in total. The van der Waals surface area contributed by atoms with Crippen molar-refractivity contribution < 1.29 is 9.53 Å². The van der Waals surface area contributed by atoms with Gasteiger partial charge in [-0.15, -0.1) is 0 Å². The van der Waals surface area contributed by atoms with E-state index in [4.69, 9.17) is 4.74 Å². The number of hydrogen-bond donors (Lipinski definition) is 0. The maximum Gasteiger partial charge on any atom is 0.293 e. The minimum absolute atomic E-state index is 0.0276. The van der Waals surface area contributed by atoms with Crippen LogP contribution in [0.1, 0.15) is 23.9 Å². The zero-order valence-electron chi connectivity index (χ0n) is 14.2. The Kier molecular flexibility index (Phi) is 4.42. The van der Waals surface area contributed by atoms with Gasteiger partial charge in [0.1, 0.15) is 6.54 Å². The number of carbonyl (C=O) groups excluding carboxylic acids is 1. The summed E-state index contributed by atoms with van der Waals surface area (Å²) in [6, 6.07) is 5.54. The second-order valence-corrected chi connectivity index (χ2v) is 6.16. The number of rotatable bonds is 4. The van der Waals surface area contributed by atoms with E-state index in [1.165, 1.54) is 11.7 Å². The molecule has 0 radical (unpaired) electrons. The molecule has 2 aromatic heterocycles. The first kappa shape index (κ1) is 16.3. The number of methoxy groups -OCH3 is 1. The first-order valence-electron chi connectivity index (χ1n) is 8.03. The van der Waals surface area contributed by atoms with Crippen LogP contribution in [0.2, 0.25) is 0 Å². The van der Waals surface area contributed by atoms with Crippen molar-refractivity contribution in [1.82, 2.24) is 19.2 Å². The molecule has 0 spiro atoms. The average Bonchev–Trinajstić information content (AvgIpc) is 3.15. The molecule has 7 heteroatoms. The third-order valence-corrected chi connectivity index (χ3v) is 4.42. The molecular weight excluding hydrogens is 308 g/mol. The second-order valence-electron chi connectivity index (χ2n) is 6.16. The Morgan fingerprint density at radius 2 is 2.21 bits per heavy atom. The number of ether oxygens (including phenoxy) is 1. The summed E-state index contributed by atoms with van der Waals surface area (Å²) < 4.78 is 8.40. The molecule has 7 nitrogen and oxygen atoms in total. The van der Waals surface area contributed by atoms with Crippen LogP contribution in [0.4, 0.5) is 0 Å². The van der Waals surface area contributed by atoms with Gasteiger partial charge in [-0.1, -0.05) is 0 Å². The van der Waals surface area contributed by atoms with E-state index < -0.39 is 0 Å². The van der Waals surface area contributed by atoms with Gasteiger partial charge in [-0.05, 0) is 38.5 Å². The van der Waals surface area contributed by atoms with E-state index in [0.29, 0.717) is 13.1 Å². The van der Waals surface area contributed by atoms with Crippen LogP contribution in [0.3, 0.4) is 0 Å². The monoisotopic (exact) mass is 330 g/mol. The Hall–Kier alpha value is -2.57. The number of aromatic nitrogens is 3. The van der Waals surface area contributed by atoms with E-state index in [1.807, 2.05) is 24.6 Å². The molecule has 3 heterocycles. The SMILES string of the molecule is COc1cccn(CC(=O)N2CC[C@H](n3nc(C)cc3C)C2)c1=O. The summed E-state index contributed by atoms with van der Waals surface area (Å²) >= 11 is 0. The highest BCUT2D eigenvalue weighted by Gasteiger charge is 2.28. The van der Waals surface area contributed by atoms with Crippen LogP contribution in [0.5, 0.6) is 5.75 Å². The zero-order chi connectivity index (χ0) is 17.3. The molecule has 2 aromatic rings. The van der Waals surface area contributed by atoms with Crippen LogP contribution in [0, 0.1) is 13.8 Å². The summed E-state index contributed by atoms with van der Waals surface area (Å²) in [5.74, 6) is 0.182. The summed E-state index contributed by atoms with van der Waals surface area (Å²) in [5.41, 5.74) is 1.80. The molecule has 3 rings (SSSR count). The zero-order valence-corrected chi connectivity index (χ0v) is 14.2. The Labute approximate surface area is 140 Å². The van der Waals surface area contributed by atoms with Gasteiger partial charge in [-0.25, -0.2) is 0 Å². The van der Waals surface area contributed by atoms with Gasteiger partial charge in [0.25, 0.3) is 5.56 Å². The third-order valence-electron chi connectivity index (χ3n) is 4.42. The fourth-order valence-corrected chi connectivity index (χ4v) is 3.22. The quantitative estimate of drug-likeness (QED) is 0.843. The van der Waals surface area contributed by atoms with E-state index in [2.05, 4.69) is 5.10 Å². The molecule has 1 fully saturated rings. The second kappa shape index (κ2) is 6.51. The molecule has 0 aromatic carbocycles. The van der Waals surface area contributed by atoms with Crippen LogP contribution in [-0.4, -0.2) is 45.4 Å². The highest BCUT2D eigenvalue weighted by Crippen LogP contribution is 2.23. The lowest BCUT2D eigenvalue weighted by Crippen LogP contribution is -2.35. The maximum absolute atomic E-state index is 12.5. The Bertz CT molecular complexity index is 808. The van der Waals surface area contributed by atoms with E-state index >= 15 is 0 Å². The number of pyridine rings is 1. The van der Waals surface area contributed by atoms with Crippen molar-refractivity contribution in [3.63, 3.8) is 0 Å². The predicted octanol–water partition coefficient (Wildman–Crippen LogP) is 1.14. The fraction of sp³-hybridized carbons (Fsp3) is 0.471. The first-order chi connectivity index (χ1) is 11.5. The number of nitrogens with zero attached hydrogens (tertiary/aromatic N) is 4. The molecule has 0 unspecified atom stereocenters. The van der Waals surface area contributed by atoms with Gasteiger partial charge in [0.05, 0.1) is 18.8 Å². The van der Waals surface area contributed by atoms with Gasteiger partial charge in [0, 0.05) is 25.0 Å². The van der Waals surface area contributed by atoms with E-state index in [1.54, 1.807) is 23.2 Å².